The number of aliphatic hydroxyl groups excluding tert-OH is 1. The Morgan fingerprint density at radius 3 is 2.68 bits per heavy atom. The summed E-state index contributed by atoms with van der Waals surface area (Å²) < 4.78 is 10.9. The Kier molecular flexibility index (Phi) is 4.02. The molecule has 1 heterocycles. The first kappa shape index (κ1) is 14.2. The highest BCUT2D eigenvalue weighted by atomic mass is 16.7. The van der Waals surface area contributed by atoms with Crippen LogP contribution in [0.4, 0.5) is 0 Å². The average Bonchev–Trinajstić information content (AvgIpc) is 2.77. The van der Waals surface area contributed by atoms with Gasteiger partial charge in [0, 0.05) is 18.2 Å². The van der Waals surface area contributed by atoms with Gasteiger partial charge in [-0.15, -0.1) is 0 Å². The van der Waals surface area contributed by atoms with Crippen LogP contribution in [-0.2, 0) is 6.54 Å². The fraction of sp³-hybridized carbons (Fsp3) is 0.600. The summed E-state index contributed by atoms with van der Waals surface area (Å²) in [7, 11) is 2.03. The minimum atomic E-state index is 0.0266. The quantitative estimate of drug-likeness (QED) is 0.906. The minimum absolute atomic E-state index is 0.0266. The smallest absolute Gasteiger partial charge is 0.231 e. The van der Waals surface area contributed by atoms with Gasteiger partial charge in [0.25, 0.3) is 0 Å². The summed E-state index contributed by atoms with van der Waals surface area (Å²) in [5.74, 6) is 1.64. The first-order valence-corrected chi connectivity index (χ1v) is 6.62. The van der Waals surface area contributed by atoms with Crippen LogP contribution in [0.2, 0.25) is 0 Å². The lowest BCUT2D eigenvalue weighted by Gasteiger charge is -2.36. The SMILES string of the molecule is CN(Cc1cccc2c1OCO2)C(CO)C(C)(C)C. The number of likely N-dealkylation sites (N-methyl/N-ethyl adjacent to an activating group) is 1. The lowest BCUT2D eigenvalue weighted by Crippen LogP contribution is -2.43. The van der Waals surface area contributed by atoms with Crippen molar-refractivity contribution in [2.45, 2.75) is 33.4 Å². The van der Waals surface area contributed by atoms with Crippen molar-refractivity contribution in [3.8, 4) is 11.5 Å². The van der Waals surface area contributed by atoms with Gasteiger partial charge in [0.2, 0.25) is 6.79 Å². The summed E-state index contributed by atoms with van der Waals surface area (Å²) in [6, 6.07) is 6.03. The van der Waals surface area contributed by atoms with Gasteiger partial charge in [-0.1, -0.05) is 32.9 Å². The molecule has 0 aromatic heterocycles. The van der Waals surface area contributed by atoms with E-state index < -0.39 is 0 Å². The van der Waals surface area contributed by atoms with Crippen molar-refractivity contribution >= 4 is 0 Å². The molecule has 0 saturated carbocycles. The standard InChI is InChI=1S/C15H23NO3/c1-15(2,3)13(9-17)16(4)8-11-6-5-7-12-14(11)19-10-18-12/h5-7,13,17H,8-10H2,1-4H3. The molecule has 19 heavy (non-hydrogen) atoms. The Morgan fingerprint density at radius 2 is 2.05 bits per heavy atom. The number of hydrogen-bond acceptors (Lipinski definition) is 4. The predicted octanol–water partition coefficient (Wildman–Crippen LogP) is 2.25. The lowest BCUT2D eigenvalue weighted by atomic mass is 9.86. The Hall–Kier alpha value is -1.26. The molecule has 1 atom stereocenters. The number of fused-ring (bicyclic) bond motifs is 1. The van der Waals surface area contributed by atoms with Crippen molar-refractivity contribution < 1.29 is 14.6 Å². The van der Waals surface area contributed by atoms with Gasteiger partial charge < -0.3 is 14.6 Å². The molecule has 0 amide bonds. The van der Waals surface area contributed by atoms with Crippen LogP contribution in [0.15, 0.2) is 18.2 Å². The molecule has 4 heteroatoms. The van der Waals surface area contributed by atoms with E-state index in [1.165, 1.54) is 0 Å². The van der Waals surface area contributed by atoms with Gasteiger partial charge in [0.05, 0.1) is 6.61 Å². The van der Waals surface area contributed by atoms with Gasteiger partial charge >= 0.3 is 0 Å². The van der Waals surface area contributed by atoms with Crippen LogP contribution in [0.5, 0.6) is 11.5 Å². The van der Waals surface area contributed by atoms with E-state index in [4.69, 9.17) is 9.47 Å². The van der Waals surface area contributed by atoms with Crippen molar-refractivity contribution in [3.05, 3.63) is 23.8 Å². The van der Waals surface area contributed by atoms with Gasteiger partial charge in [0.15, 0.2) is 11.5 Å². The molecule has 1 aliphatic rings. The molecule has 0 radical (unpaired) electrons. The third kappa shape index (κ3) is 3.01. The zero-order valence-corrected chi connectivity index (χ0v) is 12.1. The van der Waals surface area contributed by atoms with E-state index >= 15 is 0 Å². The molecule has 2 rings (SSSR count). The Morgan fingerprint density at radius 1 is 1.32 bits per heavy atom. The molecular weight excluding hydrogens is 242 g/mol. The second-order valence-corrected chi connectivity index (χ2v) is 6.13. The van der Waals surface area contributed by atoms with E-state index in [2.05, 4.69) is 25.7 Å². The fourth-order valence-electron chi connectivity index (χ4n) is 2.57. The Bertz CT molecular complexity index is 440. The summed E-state index contributed by atoms with van der Waals surface area (Å²) in [6.45, 7) is 7.58. The van der Waals surface area contributed by atoms with E-state index in [0.29, 0.717) is 6.79 Å². The van der Waals surface area contributed by atoms with Crippen LogP contribution in [0.25, 0.3) is 0 Å². The van der Waals surface area contributed by atoms with E-state index in [1.807, 2.05) is 25.2 Å². The largest absolute Gasteiger partial charge is 0.454 e. The fourth-order valence-corrected chi connectivity index (χ4v) is 2.57. The molecule has 1 unspecified atom stereocenters. The first-order chi connectivity index (χ1) is 8.93. The molecule has 1 aliphatic heterocycles. The Labute approximate surface area is 114 Å². The molecule has 106 valence electrons. The first-order valence-electron chi connectivity index (χ1n) is 6.62. The summed E-state index contributed by atoms with van der Waals surface area (Å²) in [4.78, 5) is 2.16. The van der Waals surface area contributed by atoms with E-state index in [0.717, 1.165) is 23.6 Å². The summed E-state index contributed by atoms with van der Waals surface area (Å²) in [5, 5.41) is 9.61. The van der Waals surface area contributed by atoms with Gasteiger partial charge in [-0.2, -0.15) is 0 Å². The molecule has 1 aromatic carbocycles. The summed E-state index contributed by atoms with van der Waals surface area (Å²) in [5.41, 5.74) is 1.12. The van der Waals surface area contributed by atoms with E-state index in [1.54, 1.807) is 0 Å². The van der Waals surface area contributed by atoms with Gasteiger partial charge in [0.1, 0.15) is 0 Å². The molecule has 1 aromatic rings. The van der Waals surface area contributed by atoms with Crippen LogP contribution >= 0.6 is 0 Å². The van der Waals surface area contributed by atoms with Gasteiger partial charge in [-0.3, -0.25) is 4.90 Å². The number of rotatable bonds is 4. The normalized spacial score (nSPS) is 15.9. The molecule has 0 bridgehead atoms. The molecular formula is C15H23NO3. The second-order valence-electron chi connectivity index (χ2n) is 6.13. The highest BCUT2D eigenvalue weighted by Gasteiger charge is 2.28. The summed E-state index contributed by atoms with van der Waals surface area (Å²) >= 11 is 0. The molecule has 0 spiro atoms. The van der Waals surface area contributed by atoms with E-state index in [-0.39, 0.29) is 18.1 Å². The minimum Gasteiger partial charge on any atom is -0.454 e. The number of benzene rings is 1. The zero-order chi connectivity index (χ0) is 14.0. The van der Waals surface area contributed by atoms with Crippen LogP contribution in [0.1, 0.15) is 26.3 Å². The van der Waals surface area contributed by atoms with Crippen molar-refractivity contribution in [3.63, 3.8) is 0 Å². The molecule has 0 aliphatic carbocycles. The van der Waals surface area contributed by atoms with Crippen molar-refractivity contribution in [1.82, 2.24) is 4.90 Å². The van der Waals surface area contributed by atoms with Crippen LogP contribution in [-0.4, -0.2) is 36.5 Å². The van der Waals surface area contributed by atoms with Gasteiger partial charge in [-0.25, -0.2) is 0 Å². The molecule has 4 nitrogen and oxygen atoms in total. The third-order valence-electron chi connectivity index (χ3n) is 3.60. The number of aliphatic hydroxyl groups is 1. The Balaban J connectivity index is 2.15. The molecule has 0 saturated heterocycles. The highest BCUT2D eigenvalue weighted by Crippen LogP contribution is 2.36. The average molecular weight is 265 g/mol. The van der Waals surface area contributed by atoms with Crippen LogP contribution in [0, 0.1) is 5.41 Å². The summed E-state index contributed by atoms with van der Waals surface area (Å²) in [6.07, 6.45) is 0. The monoisotopic (exact) mass is 265 g/mol. The maximum atomic E-state index is 9.61. The second kappa shape index (κ2) is 5.39. The van der Waals surface area contributed by atoms with Crippen LogP contribution < -0.4 is 9.47 Å². The predicted molar refractivity (Wildman–Crippen MR) is 74.4 cm³/mol. The lowest BCUT2D eigenvalue weighted by molar-refractivity contribution is 0.0607. The maximum Gasteiger partial charge on any atom is 0.231 e. The van der Waals surface area contributed by atoms with Crippen molar-refractivity contribution in [2.24, 2.45) is 5.41 Å². The van der Waals surface area contributed by atoms with Crippen LogP contribution in [0.3, 0.4) is 0 Å². The maximum absolute atomic E-state index is 9.61. The third-order valence-corrected chi connectivity index (χ3v) is 3.60. The van der Waals surface area contributed by atoms with Crippen molar-refractivity contribution in [1.29, 1.82) is 0 Å². The zero-order valence-electron chi connectivity index (χ0n) is 12.1. The number of para-hydroxylation sites is 1. The molecule has 0 fully saturated rings. The number of nitrogens with zero attached hydrogens (tertiary/aromatic N) is 1. The van der Waals surface area contributed by atoms with Crippen molar-refractivity contribution in [2.75, 3.05) is 20.4 Å². The topological polar surface area (TPSA) is 41.9 Å². The number of ether oxygens (including phenoxy) is 2. The van der Waals surface area contributed by atoms with Gasteiger partial charge in [-0.05, 0) is 18.5 Å². The highest BCUT2D eigenvalue weighted by molar-refractivity contribution is 5.48. The van der Waals surface area contributed by atoms with E-state index in [9.17, 15) is 5.11 Å². The molecule has 1 N–H and O–H groups in total. The number of hydrogen-bond donors (Lipinski definition) is 1.